The van der Waals surface area contributed by atoms with Crippen molar-refractivity contribution in [1.29, 1.82) is 0 Å². The standard InChI is InChI=1S/C30H31ClN2O6S/c31-24-14-12-21(13-15-24)25-10-4-5-11-27(25)40(38,39)33(18-17-32-16-6-9-23(20-32)28(34)35)30(29(36)37)19-26(30)22-7-2-1-3-8-22/h1-5,7-8,10-15,23,26H,6,9,16-20H2,(H,34,35)(H,36,37). The molecule has 1 aliphatic carbocycles. The number of hydrogen-bond acceptors (Lipinski definition) is 5. The molecule has 0 radical (unpaired) electrons. The van der Waals surface area contributed by atoms with Gasteiger partial charge in [0.25, 0.3) is 0 Å². The molecule has 2 fully saturated rings. The lowest BCUT2D eigenvalue weighted by Crippen LogP contribution is -2.52. The van der Waals surface area contributed by atoms with Gasteiger partial charge >= 0.3 is 11.9 Å². The normalized spacial score (nSPS) is 23.1. The highest BCUT2D eigenvalue weighted by atomic mass is 35.5. The second kappa shape index (κ2) is 11.3. The third-order valence-corrected chi connectivity index (χ3v) is 10.3. The van der Waals surface area contributed by atoms with Crippen LogP contribution >= 0.6 is 11.6 Å². The van der Waals surface area contributed by atoms with Crippen molar-refractivity contribution >= 4 is 33.6 Å². The number of nitrogens with zero attached hydrogens (tertiary/aromatic N) is 2. The van der Waals surface area contributed by atoms with E-state index >= 15 is 0 Å². The van der Waals surface area contributed by atoms with Crippen LogP contribution in [0.25, 0.3) is 11.1 Å². The molecule has 10 heteroatoms. The minimum absolute atomic E-state index is 0.0127. The van der Waals surface area contributed by atoms with Gasteiger partial charge in [0.2, 0.25) is 10.0 Å². The minimum atomic E-state index is -4.33. The molecule has 1 aliphatic heterocycles. The Hall–Kier alpha value is -3.24. The number of carboxylic acid groups (broad SMARTS) is 2. The molecule has 0 bridgehead atoms. The summed E-state index contributed by atoms with van der Waals surface area (Å²) in [5.41, 5.74) is 0.198. The van der Waals surface area contributed by atoms with Gasteiger partial charge in [0.15, 0.2) is 0 Å². The summed E-state index contributed by atoms with van der Waals surface area (Å²) >= 11 is 6.07. The lowest BCUT2D eigenvalue weighted by Gasteiger charge is -2.35. The topological polar surface area (TPSA) is 115 Å². The summed E-state index contributed by atoms with van der Waals surface area (Å²) in [7, 11) is -4.33. The average Bonchev–Trinajstić information content (AvgIpc) is 3.71. The van der Waals surface area contributed by atoms with Gasteiger partial charge < -0.3 is 15.1 Å². The number of sulfonamides is 1. The molecule has 3 aromatic rings. The van der Waals surface area contributed by atoms with Crippen LogP contribution in [0.3, 0.4) is 0 Å². The molecule has 5 rings (SSSR count). The molecule has 8 nitrogen and oxygen atoms in total. The monoisotopic (exact) mass is 582 g/mol. The lowest BCUT2D eigenvalue weighted by atomic mass is 9.98. The zero-order valence-electron chi connectivity index (χ0n) is 21.8. The third-order valence-electron chi connectivity index (χ3n) is 8.03. The SMILES string of the molecule is O=C(O)C1CCCN(CCN(C2(C(=O)O)CC2c2ccccc2)S(=O)(=O)c2ccccc2-c2ccc(Cl)cc2)C1. The van der Waals surface area contributed by atoms with E-state index in [1.54, 1.807) is 42.5 Å². The summed E-state index contributed by atoms with van der Waals surface area (Å²) in [5, 5.41) is 20.6. The second-order valence-corrected chi connectivity index (χ2v) is 12.7. The highest BCUT2D eigenvalue weighted by molar-refractivity contribution is 7.89. The van der Waals surface area contributed by atoms with Crippen molar-refractivity contribution in [3.8, 4) is 11.1 Å². The van der Waals surface area contributed by atoms with E-state index in [1.807, 2.05) is 35.2 Å². The molecular weight excluding hydrogens is 552 g/mol. The maximum absolute atomic E-state index is 14.5. The first kappa shape index (κ1) is 28.3. The fourth-order valence-electron chi connectivity index (χ4n) is 5.85. The predicted molar refractivity (Wildman–Crippen MR) is 152 cm³/mol. The Morgan fingerprint density at radius 1 is 0.975 bits per heavy atom. The summed E-state index contributed by atoms with van der Waals surface area (Å²) < 4.78 is 30.2. The van der Waals surface area contributed by atoms with Crippen LogP contribution in [0.2, 0.25) is 5.02 Å². The maximum Gasteiger partial charge on any atom is 0.325 e. The summed E-state index contributed by atoms with van der Waals surface area (Å²) in [6.45, 7) is 1.07. The van der Waals surface area contributed by atoms with Gasteiger partial charge in [-0.25, -0.2) is 8.42 Å². The van der Waals surface area contributed by atoms with Gasteiger partial charge in [-0.1, -0.05) is 72.3 Å². The number of hydrogen-bond donors (Lipinski definition) is 2. The van der Waals surface area contributed by atoms with Crippen LogP contribution < -0.4 is 0 Å². The predicted octanol–water partition coefficient (Wildman–Crippen LogP) is 4.81. The number of carboxylic acids is 2. The Morgan fingerprint density at radius 2 is 1.65 bits per heavy atom. The van der Waals surface area contributed by atoms with Crippen molar-refractivity contribution in [2.75, 3.05) is 26.2 Å². The number of carbonyl (C=O) groups is 2. The number of piperidine rings is 1. The van der Waals surface area contributed by atoms with E-state index in [0.717, 1.165) is 9.87 Å². The summed E-state index contributed by atoms with van der Waals surface area (Å²) in [6.07, 6.45) is 1.39. The van der Waals surface area contributed by atoms with Crippen LogP contribution in [0.1, 0.15) is 30.7 Å². The van der Waals surface area contributed by atoms with Crippen molar-refractivity contribution < 1.29 is 28.2 Å². The zero-order chi connectivity index (χ0) is 28.5. The Kier molecular flexibility index (Phi) is 8.01. The maximum atomic E-state index is 14.5. The van der Waals surface area contributed by atoms with Crippen molar-refractivity contribution in [1.82, 2.24) is 9.21 Å². The molecule has 2 N–H and O–H groups in total. The molecule has 1 heterocycles. The molecule has 0 aromatic heterocycles. The highest BCUT2D eigenvalue weighted by Gasteiger charge is 2.68. The minimum Gasteiger partial charge on any atom is -0.481 e. The van der Waals surface area contributed by atoms with Gasteiger partial charge in [-0.3, -0.25) is 9.59 Å². The van der Waals surface area contributed by atoms with Crippen molar-refractivity contribution in [2.24, 2.45) is 5.92 Å². The highest BCUT2D eigenvalue weighted by Crippen LogP contribution is 2.57. The Bertz CT molecular complexity index is 1500. The fraction of sp³-hybridized carbons (Fsp3) is 0.333. The van der Waals surface area contributed by atoms with Crippen LogP contribution in [0, 0.1) is 5.92 Å². The van der Waals surface area contributed by atoms with Crippen molar-refractivity contribution in [2.45, 2.75) is 35.6 Å². The summed E-state index contributed by atoms with van der Waals surface area (Å²) in [4.78, 5) is 26.5. The van der Waals surface area contributed by atoms with Crippen LogP contribution in [0.15, 0.2) is 83.8 Å². The van der Waals surface area contributed by atoms with Gasteiger partial charge in [-0.15, -0.1) is 0 Å². The molecule has 1 saturated heterocycles. The molecule has 1 saturated carbocycles. The van der Waals surface area contributed by atoms with Crippen LogP contribution in [0.5, 0.6) is 0 Å². The van der Waals surface area contributed by atoms with E-state index < -0.39 is 39.3 Å². The molecule has 3 atom stereocenters. The fourth-order valence-corrected chi connectivity index (χ4v) is 7.96. The van der Waals surface area contributed by atoms with Crippen LogP contribution in [-0.2, 0) is 19.6 Å². The lowest BCUT2D eigenvalue weighted by molar-refractivity contribution is -0.143. The van der Waals surface area contributed by atoms with Gasteiger partial charge in [0, 0.05) is 36.1 Å². The summed E-state index contributed by atoms with van der Waals surface area (Å²) in [6, 6.07) is 22.5. The Morgan fingerprint density at radius 3 is 2.33 bits per heavy atom. The molecule has 40 heavy (non-hydrogen) atoms. The zero-order valence-corrected chi connectivity index (χ0v) is 23.4. The first-order valence-electron chi connectivity index (χ1n) is 13.3. The molecular formula is C30H31ClN2O6S. The quantitative estimate of drug-likeness (QED) is 0.353. The van der Waals surface area contributed by atoms with Crippen molar-refractivity contribution in [3.05, 3.63) is 89.4 Å². The van der Waals surface area contributed by atoms with E-state index in [4.69, 9.17) is 11.6 Å². The Labute approximate surface area is 238 Å². The van der Waals surface area contributed by atoms with Crippen molar-refractivity contribution in [3.63, 3.8) is 0 Å². The third kappa shape index (κ3) is 5.39. The van der Waals surface area contributed by atoms with E-state index in [-0.39, 0.29) is 24.4 Å². The van der Waals surface area contributed by atoms with Crippen LogP contribution in [-0.4, -0.2) is 71.5 Å². The van der Waals surface area contributed by atoms with E-state index in [0.29, 0.717) is 42.1 Å². The molecule has 0 amide bonds. The first-order chi connectivity index (χ1) is 19.1. The molecule has 2 aliphatic rings. The Balaban J connectivity index is 1.56. The molecule has 3 unspecified atom stereocenters. The molecule has 3 aromatic carbocycles. The molecule has 0 spiro atoms. The van der Waals surface area contributed by atoms with Gasteiger partial charge in [-0.05, 0) is 55.1 Å². The number of aliphatic carboxylic acids is 2. The number of benzene rings is 3. The van der Waals surface area contributed by atoms with E-state index in [2.05, 4.69) is 0 Å². The number of rotatable bonds is 10. The van der Waals surface area contributed by atoms with E-state index in [9.17, 15) is 28.2 Å². The number of likely N-dealkylation sites (tertiary alicyclic amines) is 1. The smallest absolute Gasteiger partial charge is 0.325 e. The van der Waals surface area contributed by atoms with Gasteiger partial charge in [0.1, 0.15) is 5.54 Å². The van der Waals surface area contributed by atoms with Gasteiger partial charge in [-0.2, -0.15) is 4.31 Å². The number of halogens is 1. The second-order valence-electron chi connectivity index (χ2n) is 10.5. The van der Waals surface area contributed by atoms with Crippen LogP contribution in [0.4, 0.5) is 0 Å². The first-order valence-corrected chi connectivity index (χ1v) is 15.1. The molecule has 210 valence electrons. The van der Waals surface area contributed by atoms with Gasteiger partial charge in [0.05, 0.1) is 10.8 Å². The summed E-state index contributed by atoms with van der Waals surface area (Å²) in [5.74, 6) is -3.12. The van der Waals surface area contributed by atoms with E-state index in [1.165, 1.54) is 6.07 Å². The average molecular weight is 583 g/mol. The largest absolute Gasteiger partial charge is 0.481 e.